The lowest BCUT2D eigenvalue weighted by Crippen LogP contribution is -2.35. The quantitative estimate of drug-likeness (QED) is 0.611. The van der Waals surface area contributed by atoms with Crippen LogP contribution in [-0.2, 0) is 16.0 Å². The monoisotopic (exact) mass is 407 g/mol. The van der Waals surface area contributed by atoms with Crippen LogP contribution in [0.1, 0.15) is 48.0 Å². The van der Waals surface area contributed by atoms with Gasteiger partial charge in [-0.2, -0.15) is 0 Å². The number of nitrogens with one attached hydrogen (secondary N) is 2. The van der Waals surface area contributed by atoms with Gasteiger partial charge in [0.1, 0.15) is 0 Å². The van der Waals surface area contributed by atoms with E-state index in [1.54, 1.807) is 12.1 Å². The number of anilines is 1. The summed E-state index contributed by atoms with van der Waals surface area (Å²) in [6.45, 7) is 1.86. The molecule has 2 aromatic rings. The van der Waals surface area contributed by atoms with Crippen molar-refractivity contribution in [2.45, 2.75) is 37.7 Å². The van der Waals surface area contributed by atoms with Gasteiger partial charge in [-0.3, -0.25) is 9.59 Å². The van der Waals surface area contributed by atoms with Crippen LogP contribution in [0.2, 0.25) is 0 Å². The molecule has 6 nitrogen and oxygen atoms in total. The first-order chi connectivity index (χ1) is 14.5. The van der Waals surface area contributed by atoms with Crippen molar-refractivity contribution in [2.75, 3.05) is 18.4 Å². The van der Waals surface area contributed by atoms with Crippen LogP contribution in [0.15, 0.2) is 48.5 Å². The minimum Gasteiger partial charge on any atom is -0.388 e. The Hall–Kier alpha value is -2.70. The molecule has 1 aliphatic heterocycles. The molecule has 0 bridgehead atoms. The minimum atomic E-state index is -0.886. The van der Waals surface area contributed by atoms with Gasteiger partial charge in [0.2, 0.25) is 11.8 Å². The summed E-state index contributed by atoms with van der Waals surface area (Å²) < 4.78 is 0. The van der Waals surface area contributed by atoms with Gasteiger partial charge in [-0.25, -0.2) is 0 Å². The Labute approximate surface area is 176 Å². The average Bonchev–Trinajstić information content (AvgIpc) is 2.75. The number of piperidine rings is 1. The molecule has 0 radical (unpaired) electrons. The lowest BCUT2D eigenvalue weighted by molar-refractivity contribution is -0.126. The summed E-state index contributed by atoms with van der Waals surface area (Å²) in [7, 11) is 0. The Bertz CT molecular complexity index is 909. The number of primary amides is 1. The molecule has 4 rings (SSSR count). The molecule has 30 heavy (non-hydrogen) atoms. The number of rotatable bonds is 5. The average molecular weight is 408 g/mol. The number of aliphatic hydroxyl groups is 1. The first-order valence-electron chi connectivity index (χ1n) is 10.7. The van der Waals surface area contributed by atoms with Crippen LogP contribution in [0.5, 0.6) is 0 Å². The van der Waals surface area contributed by atoms with E-state index in [0.717, 1.165) is 48.3 Å². The highest BCUT2D eigenvalue weighted by molar-refractivity contribution is 5.96. The molecular formula is C24H29N3O3. The van der Waals surface area contributed by atoms with Gasteiger partial charge in [0.25, 0.3) is 0 Å². The largest absolute Gasteiger partial charge is 0.388 e. The molecule has 0 spiro atoms. The number of hydrogen-bond donors (Lipinski definition) is 4. The van der Waals surface area contributed by atoms with Crippen LogP contribution >= 0.6 is 0 Å². The van der Waals surface area contributed by atoms with Gasteiger partial charge in [0.05, 0.1) is 17.9 Å². The van der Waals surface area contributed by atoms with Crippen molar-refractivity contribution >= 4 is 17.5 Å². The number of aryl methyl sites for hydroxylation is 1. The Morgan fingerprint density at radius 3 is 2.50 bits per heavy atom. The number of fused-ring (bicyclic) bond motifs is 1. The first kappa shape index (κ1) is 20.6. The number of nitrogens with two attached hydrogens (primary N) is 1. The zero-order valence-electron chi connectivity index (χ0n) is 17.0. The van der Waals surface area contributed by atoms with Crippen LogP contribution in [0.3, 0.4) is 0 Å². The maximum Gasteiger partial charge on any atom is 0.232 e. The smallest absolute Gasteiger partial charge is 0.232 e. The number of carbonyl (C=O) groups excluding carboxylic acids is 2. The third-order valence-corrected chi connectivity index (χ3v) is 6.50. The van der Waals surface area contributed by atoms with Gasteiger partial charge >= 0.3 is 0 Å². The zero-order valence-corrected chi connectivity index (χ0v) is 17.0. The van der Waals surface area contributed by atoms with Gasteiger partial charge in [-0.05, 0) is 73.5 Å². The van der Waals surface area contributed by atoms with Crippen molar-refractivity contribution in [3.8, 4) is 0 Å². The van der Waals surface area contributed by atoms with Crippen molar-refractivity contribution in [1.29, 1.82) is 0 Å². The van der Waals surface area contributed by atoms with Crippen LogP contribution in [0, 0.1) is 11.8 Å². The summed E-state index contributed by atoms with van der Waals surface area (Å²) in [4.78, 5) is 24.9. The van der Waals surface area contributed by atoms with Crippen molar-refractivity contribution in [1.82, 2.24) is 5.32 Å². The second-order valence-corrected chi connectivity index (χ2v) is 8.37. The molecule has 1 saturated heterocycles. The molecule has 158 valence electrons. The van der Waals surface area contributed by atoms with E-state index in [0.29, 0.717) is 18.8 Å². The lowest BCUT2D eigenvalue weighted by Gasteiger charge is -2.31. The molecule has 1 heterocycles. The molecule has 5 N–H and O–H groups in total. The lowest BCUT2D eigenvalue weighted by atomic mass is 9.79. The summed E-state index contributed by atoms with van der Waals surface area (Å²) >= 11 is 0. The highest BCUT2D eigenvalue weighted by atomic mass is 16.3. The van der Waals surface area contributed by atoms with E-state index in [4.69, 9.17) is 5.73 Å². The standard InChI is InChI=1S/C24H29N3O3/c25-23(29)20-8-6-17-14-18(7-9-19(17)22(20)28)27-24(30)21(15-4-2-1-3-5-15)16-10-12-26-13-11-16/h1-5,7,9,14,16,20-22,26,28H,6,8,10-13H2,(H2,25,29)(H,27,30). The van der Waals surface area contributed by atoms with Crippen molar-refractivity contribution in [2.24, 2.45) is 17.6 Å². The second-order valence-electron chi connectivity index (χ2n) is 8.37. The Morgan fingerprint density at radius 2 is 1.80 bits per heavy atom. The van der Waals surface area contributed by atoms with Gasteiger partial charge in [-0.1, -0.05) is 36.4 Å². The van der Waals surface area contributed by atoms with Crippen LogP contribution in [0.25, 0.3) is 0 Å². The third-order valence-electron chi connectivity index (χ3n) is 6.50. The van der Waals surface area contributed by atoms with Crippen LogP contribution in [-0.4, -0.2) is 30.0 Å². The molecule has 2 aromatic carbocycles. The maximum atomic E-state index is 13.3. The molecular weight excluding hydrogens is 378 g/mol. The van der Waals surface area contributed by atoms with E-state index in [1.807, 2.05) is 36.4 Å². The fourth-order valence-corrected chi connectivity index (χ4v) is 4.87. The summed E-state index contributed by atoms with van der Waals surface area (Å²) in [5.74, 6) is -0.934. The van der Waals surface area contributed by atoms with E-state index in [1.165, 1.54) is 0 Å². The van der Waals surface area contributed by atoms with E-state index in [9.17, 15) is 14.7 Å². The molecule has 2 amide bonds. The van der Waals surface area contributed by atoms with Gasteiger partial charge in [0.15, 0.2) is 0 Å². The highest BCUT2D eigenvalue weighted by Gasteiger charge is 2.33. The fraction of sp³-hybridized carbons (Fsp3) is 0.417. The first-order valence-corrected chi connectivity index (χ1v) is 10.7. The Morgan fingerprint density at radius 1 is 1.07 bits per heavy atom. The molecule has 6 heteroatoms. The van der Waals surface area contributed by atoms with Crippen LogP contribution < -0.4 is 16.4 Å². The molecule has 0 saturated carbocycles. The predicted octanol–water partition coefficient (Wildman–Crippen LogP) is 2.49. The maximum absolute atomic E-state index is 13.3. The topological polar surface area (TPSA) is 104 Å². The minimum absolute atomic E-state index is 0.000537. The van der Waals surface area contributed by atoms with E-state index in [-0.39, 0.29) is 11.8 Å². The van der Waals surface area contributed by atoms with Gasteiger partial charge in [0, 0.05) is 5.69 Å². The molecule has 2 aliphatic rings. The Kier molecular flexibility index (Phi) is 6.16. The van der Waals surface area contributed by atoms with Gasteiger partial charge < -0.3 is 21.5 Å². The van der Waals surface area contributed by atoms with E-state index < -0.39 is 17.9 Å². The molecule has 3 atom stereocenters. The number of amides is 2. The molecule has 0 aromatic heterocycles. The third kappa shape index (κ3) is 4.25. The molecule has 1 aliphatic carbocycles. The number of carbonyl (C=O) groups is 2. The number of aliphatic hydroxyl groups excluding tert-OH is 1. The molecule has 3 unspecified atom stereocenters. The normalized spacial score (nSPS) is 22.7. The summed E-state index contributed by atoms with van der Waals surface area (Å²) in [5, 5.41) is 17.0. The number of benzene rings is 2. The SMILES string of the molecule is NC(=O)C1CCc2cc(NC(=O)C(c3ccccc3)C3CCNCC3)ccc2C1O. The number of hydrogen-bond acceptors (Lipinski definition) is 4. The van der Waals surface area contributed by atoms with Gasteiger partial charge in [-0.15, -0.1) is 0 Å². The van der Waals surface area contributed by atoms with Crippen molar-refractivity contribution < 1.29 is 14.7 Å². The summed E-state index contributed by atoms with van der Waals surface area (Å²) in [6, 6.07) is 15.5. The Balaban J connectivity index is 1.55. The summed E-state index contributed by atoms with van der Waals surface area (Å²) in [6.07, 6.45) is 2.22. The second kappa shape index (κ2) is 8.98. The van der Waals surface area contributed by atoms with E-state index in [2.05, 4.69) is 10.6 Å². The fourth-order valence-electron chi connectivity index (χ4n) is 4.87. The predicted molar refractivity (Wildman–Crippen MR) is 116 cm³/mol. The zero-order chi connectivity index (χ0) is 21.1. The van der Waals surface area contributed by atoms with Crippen molar-refractivity contribution in [3.63, 3.8) is 0 Å². The van der Waals surface area contributed by atoms with Crippen molar-refractivity contribution in [3.05, 3.63) is 65.2 Å². The highest BCUT2D eigenvalue weighted by Crippen LogP contribution is 2.36. The van der Waals surface area contributed by atoms with E-state index >= 15 is 0 Å². The van der Waals surface area contributed by atoms with Crippen LogP contribution in [0.4, 0.5) is 5.69 Å². The summed E-state index contributed by atoms with van der Waals surface area (Å²) in [5.41, 5.74) is 8.85. The molecule has 1 fully saturated rings.